The smallest absolute Gasteiger partial charge is 0.224 e. The molecule has 4 nitrogen and oxygen atoms in total. The third-order valence-corrected chi connectivity index (χ3v) is 2.49. The first-order valence-electron chi connectivity index (χ1n) is 4.41. The lowest BCUT2D eigenvalue weighted by Crippen LogP contribution is -2.45. The minimum atomic E-state index is -0.613. The van der Waals surface area contributed by atoms with Crippen LogP contribution >= 0.6 is 11.6 Å². The predicted molar refractivity (Wildman–Crippen MR) is 56.6 cm³/mol. The molecular weight excluding hydrogens is 221 g/mol. The van der Waals surface area contributed by atoms with E-state index in [1.165, 1.54) is 4.90 Å². The summed E-state index contributed by atoms with van der Waals surface area (Å²) < 4.78 is 13.4. The van der Waals surface area contributed by atoms with Gasteiger partial charge in [0.15, 0.2) is 11.6 Å². The van der Waals surface area contributed by atoms with Crippen LogP contribution in [0.4, 0.5) is 10.2 Å². The number of anilines is 1. The lowest BCUT2D eigenvalue weighted by atomic mass is 10.1. The van der Waals surface area contributed by atoms with Crippen molar-refractivity contribution in [1.29, 1.82) is 0 Å². The zero-order chi connectivity index (χ0) is 11.6. The summed E-state index contributed by atoms with van der Waals surface area (Å²) in [5.74, 6) is -0.488. The molecule has 0 amide bonds. The fourth-order valence-corrected chi connectivity index (χ4v) is 1.09. The van der Waals surface area contributed by atoms with Crippen LogP contribution in [0.3, 0.4) is 0 Å². The van der Waals surface area contributed by atoms with Crippen molar-refractivity contribution in [3.8, 4) is 0 Å². The van der Waals surface area contributed by atoms with Gasteiger partial charge in [0.05, 0.1) is 18.3 Å². The Morgan fingerprint density at radius 1 is 1.60 bits per heavy atom. The van der Waals surface area contributed by atoms with E-state index in [-0.39, 0.29) is 17.7 Å². The fourth-order valence-electron chi connectivity index (χ4n) is 0.965. The van der Waals surface area contributed by atoms with Crippen molar-refractivity contribution in [1.82, 2.24) is 9.97 Å². The lowest BCUT2D eigenvalue weighted by Gasteiger charge is -2.34. The monoisotopic (exact) mass is 233 g/mol. The van der Waals surface area contributed by atoms with Crippen LogP contribution in [0.2, 0.25) is 5.28 Å². The zero-order valence-electron chi connectivity index (χ0n) is 8.83. The van der Waals surface area contributed by atoms with Gasteiger partial charge < -0.3 is 10.0 Å². The van der Waals surface area contributed by atoms with Crippen LogP contribution in [-0.2, 0) is 0 Å². The van der Waals surface area contributed by atoms with Crippen molar-refractivity contribution >= 4 is 17.4 Å². The molecule has 1 aromatic rings. The molecule has 0 fully saturated rings. The Kier molecular flexibility index (Phi) is 3.46. The Morgan fingerprint density at radius 2 is 2.20 bits per heavy atom. The number of aliphatic hydroxyl groups is 1. The third-order valence-electron chi connectivity index (χ3n) is 2.31. The minimum Gasteiger partial charge on any atom is -0.394 e. The number of aromatic nitrogens is 2. The van der Waals surface area contributed by atoms with Crippen LogP contribution in [0.25, 0.3) is 0 Å². The second-order valence-electron chi connectivity index (χ2n) is 3.84. The summed E-state index contributed by atoms with van der Waals surface area (Å²) >= 11 is 5.58. The molecule has 0 bridgehead atoms. The van der Waals surface area contributed by atoms with Crippen LogP contribution in [0, 0.1) is 5.82 Å². The number of aliphatic hydroxyl groups excluding tert-OH is 1. The summed E-state index contributed by atoms with van der Waals surface area (Å²) in [7, 11) is 1.64. The number of hydrogen-bond acceptors (Lipinski definition) is 4. The van der Waals surface area contributed by atoms with E-state index in [1.54, 1.807) is 20.9 Å². The summed E-state index contributed by atoms with van der Waals surface area (Å²) in [6.07, 6.45) is 1.01. The average molecular weight is 234 g/mol. The molecule has 0 saturated carbocycles. The average Bonchev–Trinajstić information content (AvgIpc) is 2.20. The Hall–Kier alpha value is -0.940. The number of likely N-dealkylation sites (N-methyl/N-ethyl adjacent to an activating group) is 1. The van der Waals surface area contributed by atoms with Gasteiger partial charge in [-0.25, -0.2) is 9.37 Å². The van der Waals surface area contributed by atoms with Crippen molar-refractivity contribution in [2.45, 2.75) is 19.4 Å². The van der Waals surface area contributed by atoms with E-state index >= 15 is 0 Å². The van der Waals surface area contributed by atoms with Gasteiger partial charge in [-0.05, 0) is 25.4 Å². The van der Waals surface area contributed by atoms with E-state index in [4.69, 9.17) is 16.7 Å². The Balaban J connectivity index is 3.10. The molecule has 1 rings (SSSR count). The van der Waals surface area contributed by atoms with E-state index in [2.05, 4.69) is 9.97 Å². The Bertz CT molecular complexity index is 359. The first kappa shape index (κ1) is 12.1. The molecule has 0 saturated heterocycles. The predicted octanol–water partition coefficient (Wildman–Crippen LogP) is 1.48. The SMILES string of the molecule is CN(c1nc(Cl)ncc1F)C(C)(C)CO. The van der Waals surface area contributed by atoms with Crippen molar-refractivity contribution < 1.29 is 9.50 Å². The van der Waals surface area contributed by atoms with Gasteiger partial charge >= 0.3 is 0 Å². The first-order chi connectivity index (χ1) is 6.88. The molecular formula is C9H13ClFN3O. The van der Waals surface area contributed by atoms with Crippen LogP contribution < -0.4 is 4.90 Å². The summed E-state index contributed by atoms with van der Waals surface area (Å²) in [5, 5.41) is 9.12. The van der Waals surface area contributed by atoms with E-state index < -0.39 is 11.4 Å². The number of hydrogen-bond donors (Lipinski definition) is 1. The van der Waals surface area contributed by atoms with Gasteiger partial charge in [0.25, 0.3) is 0 Å². The number of rotatable bonds is 3. The number of halogens is 2. The van der Waals surface area contributed by atoms with E-state index in [1.807, 2.05) is 0 Å². The van der Waals surface area contributed by atoms with Crippen molar-refractivity contribution in [3.05, 3.63) is 17.3 Å². The highest BCUT2D eigenvalue weighted by Gasteiger charge is 2.26. The maximum Gasteiger partial charge on any atom is 0.224 e. The molecule has 0 spiro atoms. The van der Waals surface area contributed by atoms with Crippen LogP contribution in [0.15, 0.2) is 6.20 Å². The molecule has 1 aromatic heterocycles. The van der Waals surface area contributed by atoms with Crippen LogP contribution in [-0.4, -0.2) is 34.3 Å². The summed E-state index contributed by atoms with van der Waals surface area (Å²) in [6, 6.07) is 0. The van der Waals surface area contributed by atoms with E-state index in [0.717, 1.165) is 6.20 Å². The van der Waals surface area contributed by atoms with Gasteiger partial charge in [0, 0.05) is 7.05 Å². The van der Waals surface area contributed by atoms with Gasteiger partial charge in [-0.1, -0.05) is 0 Å². The van der Waals surface area contributed by atoms with Gasteiger partial charge in [-0.15, -0.1) is 0 Å². The summed E-state index contributed by atoms with van der Waals surface area (Å²) in [4.78, 5) is 8.82. The number of nitrogens with zero attached hydrogens (tertiary/aromatic N) is 3. The van der Waals surface area contributed by atoms with Gasteiger partial charge in [0.1, 0.15) is 0 Å². The highest BCUT2D eigenvalue weighted by molar-refractivity contribution is 6.28. The maximum atomic E-state index is 13.4. The van der Waals surface area contributed by atoms with Crippen LogP contribution in [0.1, 0.15) is 13.8 Å². The Labute approximate surface area is 92.7 Å². The molecule has 15 heavy (non-hydrogen) atoms. The molecule has 1 heterocycles. The largest absolute Gasteiger partial charge is 0.394 e. The summed E-state index contributed by atoms with van der Waals surface area (Å²) in [6.45, 7) is 3.41. The molecule has 0 radical (unpaired) electrons. The third kappa shape index (κ3) is 2.54. The second-order valence-corrected chi connectivity index (χ2v) is 4.18. The van der Waals surface area contributed by atoms with Gasteiger partial charge in [0.2, 0.25) is 5.28 Å². The zero-order valence-corrected chi connectivity index (χ0v) is 9.59. The van der Waals surface area contributed by atoms with Crippen molar-refractivity contribution in [2.75, 3.05) is 18.6 Å². The molecule has 1 N–H and O–H groups in total. The van der Waals surface area contributed by atoms with Crippen LogP contribution in [0.5, 0.6) is 0 Å². The highest BCUT2D eigenvalue weighted by atomic mass is 35.5. The molecule has 6 heteroatoms. The van der Waals surface area contributed by atoms with E-state index in [0.29, 0.717) is 0 Å². The van der Waals surface area contributed by atoms with Crippen molar-refractivity contribution in [3.63, 3.8) is 0 Å². The molecule has 0 aromatic carbocycles. The standard InChI is InChI=1S/C9H13ClFN3O/c1-9(2,5-15)14(3)7-6(11)4-12-8(10)13-7/h4,15H,5H2,1-3H3. The van der Waals surface area contributed by atoms with Crippen molar-refractivity contribution in [2.24, 2.45) is 0 Å². The molecule has 0 aliphatic rings. The first-order valence-corrected chi connectivity index (χ1v) is 4.79. The Morgan fingerprint density at radius 3 is 2.73 bits per heavy atom. The molecule has 0 aliphatic heterocycles. The topological polar surface area (TPSA) is 49.2 Å². The summed E-state index contributed by atoms with van der Waals surface area (Å²) in [5.41, 5.74) is -0.613. The molecule has 84 valence electrons. The normalized spacial score (nSPS) is 11.6. The van der Waals surface area contributed by atoms with Gasteiger partial charge in [-0.3, -0.25) is 0 Å². The van der Waals surface area contributed by atoms with Gasteiger partial charge in [-0.2, -0.15) is 4.98 Å². The second kappa shape index (κ2) is 4.28. The van der Waals surface area contributed by atoms with E-state index in [9.17, 15) is 4.39 Å². The lowest BCUT2D eigenvalue weighted by molar-refractivity contribution is 0.215. The molecule has 0 unspecified atom stereocenters. The molecule has 0 atom stereocenters. The minimum absolute atomic E-state index is 0.0213. The maximum absolute atomic E-state index is 13.4. The fraction of sp³-hybridized carbons (Fsp3) is 0.556. The highest BCUT2D eigenvalue weighted by Crippen LogP contribution is 2.23. The molecule has 0 aliphatic carbocycles. The quantitative estimate of drug-likeness (QED) is 0.804.